The molecule has 1 aromatic heterocycles. The van der Waals surface area contributed by atoms with Crippen LogP contribution in [0.2, 0.25) is 0 Å². The molecule has 1 atom stereocenters. The third-order valence-corrected chi connectivity index (χ3v) is 6.56. The van der Waals surface area contributed by atoms with E-state index in [1.807, 2.05) is 30.3 Å². The highest BCUT2D eigenvalue weighted by Gasteiger charge is 2.29. The topological polar surface area (TPSA) is 38.8 Å². The van der Waals surface area contributed by atoms with Gasteiger partial charge in [0, 0.05) is 33.8 Å². The number of benzene rings is 2. The smallest absolute Gasteiger partial charge is 0.264 e. The van der Waals surface area contributed by atoms with Crippen molar-refractivity contribution in [1.29, 1.82) is 0 Å². The fraction of sp³-hybridized carbons (Fsp3) is 0.286. The van der Waals surface area contributed by atoms with Crippen LogP contribution in [0.4, 0.5) is 4.39 Å². The Labute approximate surface area is 175 Å². The number of halogens is 2. The summed E-state index contributed by atoms with van der Waals surface area (Å²) in [5.41, 5.74) is 1.65. The number of carbonyl (C=O) groups is 1. The van der Waals surface area contributed by atoms with Gasteiger partial charge in [-0.2, -0.15) is 0 Å². The molecule has 0 bridgehead atoms. The summed E-state index contributed by atoms with van der Waals surface area (Å²) in [4.78, 5) is 15.6. The molecule has 28 heavy (non-hydrogen) atoms. The predicted molar refractivity (Wildman–Crippen MR) is 111 cm³/mol. The Morgan fingerprint density at radius 2 is 2.11 bits per heavy atom. The second-order valence-corrected chi connectivity index (χ2v) is 8.59. The first-order chi connectivity index (χ1) is 13.6. The van der Waals surface area contributed by atoms with E-state index in [2.05, 4.69) is 15.9 Å². The molecule has 146 valence electrons. The molecule has 1 fully saturated rings. The van der Waals surface area contributed by atoms with Crippen molar-refractivity contribution in [3.63, 3.8) is 0 Å². The van der Waals surface area contributed by atoms with E-state index in [4.69, 9.17) is 9.47 Å². The van der Waals surface area contributed by atoms with E-state index >= 15 is 0 Å². The molecule has 1 aliphatic rings. The first-order valence-corrected chi connectivity index (χ1v) is 10.5. The van der Waals surface area contributed by atoms with Gasteiger partial charge in [0.15, 0.2) is 0 Å². The van der Waals surface area contributed by atoms with Gasteiger partial charge in [0.2, 0.25) is 0 Å². The van der Waals surface area contributed by atoms with Crippen LogP contribution in [0.15, 0.2) is 46.9 Å². The van der Waals surface area contributed by atoms with Crippen LogP contribution in [0.1, 0.15) is 26.9 Å². The maximum absolute atomic E-state index is 14.4. The van der Waals surface area contributed by atoms with Gasteiger partial charge in [0.05, 0.1) is 24.6 Å². The number of carbonyl (C=O) groups excluding carboxylic acids is 1. The summed E-state index contributed by atoms with van der Waals surface area (Å²) in [6.07, 6.45) is -0.178. The molecule has 0 saturated carbocycles. The van der Waals surface area contributed by atoms with Crippen molar-refractivity contribution in [3.8, 4) is 0 Å². The molecule has 1 saturated heterocycles. The quantitative estimate of drug-likeness (QED) is 0.535. The summed E-state index contributed by atoms with van der Waals surface area (Å²) in [5, 5.41) is 0.482. The molecule has 1 unspecified atom stereocenters. The molecule has 1 amide bonds. The number of rotatable bonds is 4. The SMILES string of the molecule is COCc1c(C(=O)N2CCOC(c3ccc(Br)cc3)C2)sc2cccc(F)c12. The lowest BCUT2D eigenvalue weighted by atomic mass is 10.1. The Hall–Kier alpha value is -1.80. The van der Waals surface area contributed by atoms with Crippen LogP contribution in [0.25, 0.3) is 10.1 Å². The van der Waals surface area contributed by atoms with E-state index in [9.17, 15) is 9.18 Å². The van der Waals surface area contributed by atoms with E-state index in [1.165, 1.54) is 17.4 Å². The molecule has 3 aromatic rings. The van der Waals surface area contributed by atoms with Gasteiger partial charge < -0.3 is 14.4 Å². The van der Waals surface area contributed by atoms with Crippen LogP contribution in [0.3, 0.4) is 0 Å². The minimum absolute atomic E-state index is 0.0990. The highest BCUT2D eigenvalue weighted by Crippen LogP contribution is 2.35. The Kier molecular flexibility index (Phi) is 5.78. The predicted octanol–water partition coefficient (Wildman–Crippen LogP) is 5.16. The molecule has 1 aliphatic heterocycles. The van der Waals surface area contributed by atoms with Gasteiger partial charge in [-0.15, -0.1) is 11.3 Å². The summed E-state index contributed by atoms with van der Waals surface area (Å²) in [5.74, 6) is -0.423. The zero-order valence-corrected chi connectivity index (χ0v) is 17.7. The molecule has 0 N–H and O–H groups in total. The van der Waals surface area contributed by atoms with Crippen molar-refractivity contribution in [3.05, 3.63) is 68.8 Å². The summed E-state index contributed by atoms with van der Waals surface area (Å²) in [7, 11) is 1.55. The fourth-order valence-electron chi connectivity index (χ4n) is 3.48. The number of nitrogens with zero attached hydrogens (tertiary/aromatic N) is 1. The van der Waals surface area contributed by atoms with Crippen molar-refractivity contribution < 1.29 is 18.7 Å². The summed E-state index contributed by atoms with van der Waals surface area (Å²) >= 11 is 4.75. The van der Waals surface area contributed by atoms with Crippen LogP contribution in [-0.2, 0) is 16.1 Å². The molecule has 0 aliphatic carbocycles. The van der Waals surface area contributed by atoms with Gasteiger partial charge in [-0.25, -0.2) is 4.39 Å². The third kappa shape index (κ3) is 3.72. The van der Waals surface area contributed by atoms with Crippen molar-refractivity contribution >= 4 is 43.3 Å². The van der Waals surface area contributed by atoms with Crippen LogP contribution in [0.5, 0.6) is 0 Å². The maximum Gasteiger partial charge on any atom is 0.264 e. The summed E-state index contributed by atoms with van der Waals surface area (Å²) < 4.78 is 27.3. The lowest BCUT2D eigenvalue weighted by Crippen LogP contribution is -2.42. The Morgan fingerprint density at radius 1 is 1.32 bits per heavy atom. The largest absolute Gasteiger partial charge is 0.380 e. The van der Waals surface area contributed by atoms with Gasteiger partial charge >= 0.3 is 0 Å². The Bertz CT molecular complexity index is 1000. The number of thiophene rings is 1. The highest BCUT2D eigenvalue weighted by molar-refractivity contribution is 9.10. The lowest BCUT2D eigenvalue weighted by Gasteiger charge is -2.33. The van der Waals surface area contributed by atoms with Crippen molar-refractivity contribution in [2.75, 3.05) is 26.8 Å². The lowest BCUT2D eigenvalue weighted by molar-refractivity contribution is -0.0227. The van der Waals surface area contributed by atoms with Crippen molar-refractivity contribution in [2.45, 2.75) is 12.7 Å². The molecular weight excluding hydrogens is 445 g/mol. The fourth-order valence-corrected chi connectivity index (χ4v) is 4.93. The Balaban J connectivity index is 1.64. The van der Waals surface area contributed by atoms with Crippen molar-refractivity contribution in [1.82, 2.24) is 4.90 Å². The second kappa shape index (κ2) is 8.29. The number of hydrogen-bond donors (Lipinski definition) is 0. The van der Waals surface area contributed by atoms with E-state index < -0.39 is 0 Å². The van der Waals surface area contributed by atoms with E-state index in [0.29, 0.717) is 35.5 Å². The second-order valence-electron chi connectivity index (χ2n) is 6.62. The zero-order valence-electron chi connectivity index (χ0n) is 15.3. The normalized spacial score (nSPS) is 17.2. The van der Waals surface area contributed by atoms with Gasteiger partial charge in [0.25, 0.3) is 5.91 Å². The number of ether oxygens (including phenoxy) is 2. The molecule has 0 radical (unpaired) electrons. The number of hydrogen-bond acceptors (Lipinski definition) is 4. The van der Waals surface area contributed by atoms with E-state index in [-0.39, 0.29) is 24.4 Å². The van der Waals surface area contributed by atoms with Gasteiger partial charge in [-0.3, -0.25) is 4.79 Å². The monoisotopic (exact) mass is 463 g/mol. The van der Waals surface area contributed by atoms with E-state index in [0.717, 1.165) is 14.7 Å². The van der Waals surface area contributed by atoms with Gasteiger partial charge in [-0.05, 0) is 29.8 Å². The molecular formula is C21H19BrFNO3S. The van der Waals surface area contributed by atoms with Crippen LogP contribution < -0.4 is 0 Å². The minimum Gasteiger partial charge on any atom is -0.380 e. The van der Waals surface area contributed by atoms with Crippen LogP contribution in [-0.4, -0.2) is 37.6 Å². The Morgan fingerprint density at radius 3 is 2.86 bits per heavy atom. The maximum atomic E-state index is 14.4. The van der Waals surface area contributed by atoms with Gasteiger partial charge in [-0.1, -0.05) is 34.1 Å². The average molecular weight is 464 g/mol. The molecule has 7 heteroatoms. The standard InChI is InChI=1S/C21H19BrFNO3S/c1-26-12-15-19-16(23)3-2-4-18(19)28-20(15)21(25)24-9-10-27-17(11-24)13-5-7-14(22)8-6-13/h2-8,17H,9-12H2,1H3. The van der Waals surface area contributed by atoms with Gasteiger partial charge in [0.1, 0.15) is 11.9 Å². The van der Waals surface area contributed by atoms with Crippen LogP contribution >= 0.6 is 27.3 Å². The number of methoxy groups -OCH3 is 1. The molecule has 0 spiro atoms. The summed E-state index contributed by atoms with van der Waals surface area (Å²) in [6.45, 7) is 1.63. The molecule has 2 heterocycles. The zero-order chi connectivity index (χ0) is 19.7. The first-order valence-electron chi connectivity index (χ1n) is 8.93. The average Bonchev–Trinajstić information content (AvgIpc) is 3.08. The number of morpholine rings is 1. The number of amides is 1. The molecule has 4 nitrogen and oxygen atoms in total. The number of fused-ring (bicyclic) bond motifs is 1. The van der Waals surface area contributed by atoms with E-state index in [1.54, 1.807) is 18.1 Å². The molecule has 4 rings (SSSR count). The minimum atomic E-state index is -0.324. The molecule has 2 aromatic carbocycles. The first kappa shape index (κ1) is 19.5. The van der Waals surface area contributed by atoms with Crippen molar-refractivity contribution in [2.24, 2.45) is 0 Å². The highest BCUT2D eigenvalue weighted by atomic mass is 79.9. The van der Waals surface area contributed by atoms with Crippen LogP contribution in [0, 0.1) is 5.82 Å². The summed E-state index contributed by atoms with van der Waals surface area (Å²) in [6, 6.07) is 12.8. The third-order valence-electron chi connectivity index (χ3n) is 4.84.